The highest BCUT2D eigenvalue weighted by atomic mass is 16.1. The monoisotopic (exact) mass is 186 g/mol. The van der Waals surface area contributed by atoms with Crippen molar-refractivity contribution in [2.24, 2.45) is 17.2 Å². The predicted molar refractivity (Wildman–Crippen MR) is 50.8 cm³/mol. The van der Waals surface area contributed by atoms with Crippen LogP contribution in [0.2, 0.25) is 0 Å². The molecule has 1 atom stereocenters. The van der Waals surface area contributed by atoms with Gasteiger partial charge in [-0.05, 0) is 25.9 Å². The van der Waals surface area contributed by atoms with Gasteiger partial charge in [0.25, 0.3) is 0 Å². The number of nitrogens with two attached hydrogens (primary N) is 3. The van der Waals surface area contributed by atoms with E-state index in [0.29, 0.717) is 12.6 Å². The Morgan fingerprint density at radius 1 is 1.46 bits per heavy atom. The minimum atomic E-state index is -0.547. The highest BCUT2D eigenvalue weighted by Gasteiger charge is 2.19. The Hall–Kier alpha value is -0.650. The van der Waals surface area contributed by atoms with Crippen LogP contribution in [0.3, 0.4) is 0 Å². The van der Waals surface area contributed by atoms with E-state index in [9.17, 15) is 4.79 Å². The molecule has 0 aromatic rings. The summed E-state index contributed by atoms with van der Waals surface area (Å²) in [6, 6.07) is -0.240. The third-order valence-corrected chi connectivity index (χ3v) is 2.45. The molecular formula is C8H18N4O. The van der Waals surface area contributed by atoms with E-state index in [1.807, 2.05) is 0 Å². The molecule has 0 radical (unpaired) electrons. The lowest BCUT2D eigenvalue weighted by atomic mass is 10.1. The number of rotatable bonds is 3. The second-order valence-electron chi connectivity index (χ2n) is 3.65. The molecule has 1 rings (SSSR count). The Kier molecular flexibility index (Phi) is 3.65. The number of nitrogens with zero attached hydrogens (tertiary/aromatic N) is 1. The number of carbonyl (C=O) groups is 1. The van der Waals surface area contributed by atoms with Gasteiger partial charge in [-0.3, -0.25) is 4.79 Å². The third-order valence-electron chi connectivity index (χ3n) is 2.45. The first-order chi connectivity index (χ1) is 6.09. The summed E-state index contributed by atoms with van der Waals surface area (Å²) in [4.78, 5) is 12.8. The molecule has 1 unspecified atom stereocenters. The predicted octanol–water partition coefficient (Wildman–Crippen LogP) is -1.78. The average Bonchev–Trinajstić information content (AvgIpc) is 2.08. The van der Waals surface area contributed by atoms with Crippen LogP contribution >= 0.6 is 0 Å². The van der Waals surface area contributed by atoms with Gasteiger partial charge in [0.2, 0.25) is 5.91 Å². The topological polar surface area (TPSA) is 98.4 Å². The summed E-state index contributed by atoms with van der Waals surface area (Å²) >= 11 is 0. The number of hydrogen-bond acceptors (Lipinski definition) is 4. The maximum atomic E-state index is 10.7. The average molecular weight is 186 g/mol. The van der Waals surface area contributed by atoms with Crippen LogP contribution in [0.25, 0.3) is 0 Å². The number of piperidine rings is 1. The highest BCUT2D eigenvalue weighted by molar-refractivity contribution is 5.79. The van der Waals surface area contributed by atoms with Gasteiger partial charge in [-0.2, -0.15) is 0 Å². The lowest BCUT2D eigenvalue weighted by molar-refractivity contribution is -0.119. The molecule has 0 aromatic heterocycles. The van der Waals surface area contributed by atoms with Crippen molar-refractivity contribution in [3.8, 4) is 0 Å². The molecule has 0 saturated carbocycles. The van der Waals surface area contributed by atoms with Crippen LogP contribution in [0.4, 0.5) is 0 Å². The number of likely N-dealkylation sites (tertiary alicyclic amines) is 1. The fraction of sp³-hybridized carbons (Fsp3) is 0.875. The third kappa shape index (κ3) is 3.30. The van der Waals surface area contributed by atoms with Gasteiger partial charge in [-0.15, -0.1) is 0 Å². The van der Waals surface area contributed by atoms with Gasteiger partial charge in [0, 0.05) is 12.6 Å². The van der Waals surface area contributed by atoms with Crippen molar-refractivity contribution in [1.82, 2.24) is 4.90 Å². The molecule has 0 bridgehead atoms. The van der Waals surface area contributed by atoms with E-state index in [1.165, 1.54) is 0 Å². The summed E-state index contributed by atoms with van der Waals surface area (Å²) < 4.78 is 0. The van der Waals surface area contributed by atoms with Crippen molar-refractivity contribution < 1.29 is 4.79 Å². The second kappa shape index (κ2) is 4.55. The van der Waals surface area contributed by atoms with E-state index in [1.54, 1.807) is 0 Å². The molecule has 1 saturated heterocycles. The van der Waals surface area contributed by atoms with Crippen molar-refractivity contribution >= 4 is 5.91 Å². The fourth-order valence-corrected chi connectivity index (χ4v) is 1.50. The molecule has 13 heavy (non-hydrogen) atoms. The lowest BCUT2D eigenvalue weighted by Crippen LogP contribution is -2.49. The molecule has 76 valence electrons. The number of primary amides is 1. The van der Waals surface area contributed by atoms with Gasteiger partial charge in [0.1, 0.15) is 0 Å². The molecule has 1 aliphatic heterocycles. The smallest absolute Gasteiger partial charge is 0.235 e. The zero-order chi connectivity index (χ0) is 9.84. The van der Waals surface area contributed by atoms with Crippen LogP contribution in [0.5, 0.6) is 0 Å². The zero-order valence-electron chi connectivity index (χ0n) is 7.78. The summed E-state index contributed by atoms with van der Waals surface area (Å²) in [5.74, 6) is -0.435. The van der Waals surface area contributed by atoms with Gasteiger partial charge in [-0.25, -0.2) is 0 Å². The van der Waals surface area contributed by atoms with Crippen LogP contribution in [0.15, 0.2) is 0 Å². The van der Waals surface area contributed by atoms with Crippen LogP contribution in [0, 0.1) is 0 Å². The van der Waals surface area contributed by atoms with Gasteiger partial charge >= 0.3 is 0 Å². The summed E-state index contributed by atoms with van der Waals surface area (Å²) in [7, 11) is 0. The van der Waals surface area contributed by atoms with Crippen LogP contribution in [0.1, 0.15) is 12.8 Å². The number of amides is 1. The number of carbonyl (C=O) groups excluding carboxylic acids is 1. The Bertz CT molecular complexity index is 177. The number of hydrogen-bond donors (Lipinski definition) is 3. The minimum Gasteiger partial charge on any atom is -0.368 e. The first kappa shape index (κ1) is 10.4. The summed E-state index contributed by atoms with van der Waals surface area (Å²) in [6.45, 7) is 2.40. The van der Waals surface area contributed by atoms with Crippen molar-refractivity contribution in [2.45, 2.75) is 24.9 Å². The fourth-order valence-electron chi connectivity index (χ4n) is 1.50. The van der Waals surface area contributed by atoms with E-state index in [-0.39, 0.29) is 0 Å². The molecule has 0 spiro atoms. The van der Waals surface area contributed by atoms with E-state index >= 15 is 0 Å². The SMILES string of the molecule is NC(=O)C(N)CN1CCC(N)CC1. The molecule has 0 aromatic carbocycles. The van der Waals surface area contributed by atoms with Crippen LogP contribution < -0.4 is 17.2 Å². The molecule has 1 heterocycles. The summed E-state index contributed by atoms with van der Waals surface area (Å²) in [6.07, 6.45) is 1.96. The molecule has 5 nitrogen and oxygen atoms in total. The first-order valence-corrected chi connectivity index (χ1v) is 4.62. The molecule has 1 amide bonds. The van der Waals surface area contributed by atoms with E-state index in [2.05, 4.69) is 4.90 Å². The summed E-state index contributed by atoms with van der Waals surface area (Å²) in [5, 5.41) is 0. The maximum absolute atomic E-state index is 10.7. The molecule has 6 N–H and O–H groups in total. The van der Waals surface area contributed by atoms with Crippen LogP contribution in [-0.4, -0.2) is 42.5 Å². The van der Waals surface area contributed by atoms with E-state index in [0.717, 1.165) is 25.9 Å². The van der Waals surface area contributed by atoms with Crippen molar-refractivity contribution in [3.63, 3.8) is 0 Å². The molecule has 5 heteroatoms. The van der Waals surface area contributed by atoms with E-state index in [4.69, 9.17) is 17.2 Å². The minimum absolute atomic E-state index is 0.307. The second-order valence-corrected chi connectivity index (χ2v) is 3.65. The zero-order valence-corrected chi connectivity index (χ0v) is 7.78. The Morgan fingerprint density at radius 2 is 2.00 bits per heavy atom. The normalized spacial score (nSPS) is 22.9. The van der Waals surface area contributed by atoms with Gasteiger partial charge in [0.05, 0.1) is 6.04 Å². The van der Waals surface area contributed by atoms with Gasteiger partial charge < -0.3 is 22.1 Å². The molecular weight excluding hydrogens is 168 g/mol. The molecule has 1 aliphatic rings. The first-order valence-electron chi connectivity index (χ1n) is 4.62. The van der Waals surface area contributed by atoms with Gasteiger partial charge in [0.15, 0.2) is 0 Å². The quantitative estimate of drug-likeness (QED) is 0.485. The molecule has 0 aliphatic carbocycles. The largest absolute Gasteiger partial charge is 0.368 e. The standard InChI is InChI=1S/C8H18N4O/c9-6-1-3-12(4-2-6)5-7(10)8(11)13/h6-7H,1-5,9-10H2,(H2,11,13). The van der Waals surface area contributed by atoms with Crippen molar-refractivity contribution in [2.75, 3.05) is 19.6 Å². The highest BCUT2D eigenvalue weighted by Crippen LogP contribution is 2.07. The summed E-state index contributed by atoms with van der Waals surface area (Å²) in [5.41, 5.74) is 16.3. The van der Waals surface area contributed by atoms with Crippen molar-refractivity contribution in [3.05, 3.63) is 0 Å². The molecule has 1 fully saturated rings. The maximum Gasteiger partial charge on any atom is 0.235 e. The Balaban J connectivity index is 2.26. The van der Waals surface area contributed by atoms with Crippen molar-refractivity contribution in [1.29, 1.82) is 0 Å². The van der Waals surface area contributed by atoms with Gasteiger partial charge in [-0.1, -0.05) is 0 Å². The Morgan fingerprint density at radius 3 is 2.46 bits per heavy atom. The Labute approximate surface area is 78.2 Å². The van der Waals surface area contributed by atoms with E-state index < -0.39 is 11.9 Å². The lowest BCUT2D eigenvalue weighted by Gasteiger charge is -2.31. The van der Waals surface area contributed by atoms with Crippen LogP contribution in [-0.2, 0) is 4.79 Å².